The number of benzene rings is 1. The Kier molecular flexibility index (Phi) is 4.12. The van der Waals surface area contributed by atoms with E-state index in [1.54, 1.807) is 7.11 Å². The van der Waals surface area contributed by atoms with Gasteiger partial charge in [0.25, 0.3) is 0 Å². The molecule has 1 rings (SSSR count). The maximum absolute atomic E-state index is 5.45. The molecule has 0 saturated heterocycles. The molecule has 72 valence electrons. The van der Waals surface area contributed by atoms with Crippen LogP contribution in [0.15, 0.2) is 24.3 Å². The van der Waals surface area contributed by atoms with Gasteiger partial charge < -0.3 is 14.8 Å². The van der Waals surface area contributed by atoms with Gasteiger partial charge in [-0.3, -0.25) is 0 Å². The minimum absolute atomic E-state index is 0.670. The molecule has 1 N–H and O–H groups in total. The fourth-order valence-corrected chi connectivity index (χ4v) is 0.962. The monoisotopic (exact) mass is 181 g/mol. The third-order valence-electron chi connectivity index (χ3n) is 1.66. The number of rotatable bonds is 5. The highest BCUT2D eigenvalue weighted by atomic mass is 16.5. The Morgan fingerprint density at radius 3 is 2.77 bits per heavy atom. The summed E-state index contributed by atoms with van der Waals surface area (Å²) in [4.78, 5) is 0. The fourth-order valence-electron chi connectivity index (χ4n) is 0.962. The van der Waals surface area contributed by atoms with Crippen LogP contribution in [0, 0.1) is 0 Å². The van der Waals surface area contributed by atoms with Gasteiger partial charge in [-0.05, 0) is 19.2 Å². The standard InChI is InChI=1S/C10H15NO2/c1-11-6-7-13-10-5-3-4-9(8-10)12-2/h3-5,8,11H,6-7H2,1-2H3. The van der Waals surface area contributed by atoms with E-state index in [0.717, 1.165) is 18.0 Å². The molecule has 0 amide bonds. The summed E-state index contributed by atoms with van der Waals surface area (Å²) in [6, 6.07) is 7.59. The van der Waals surface area contributed by atoms with E-state index in [1.165, 1.54) is 0 Å². The summed E-state index contributed by atoms with van der Waals surface area (Å²) in [5, 5.41) is 3.01. The number of nitrogens with one attached hydrogen (secondary N) is 1. The lowest BCUT2D eigenvalue weighted by molar-refractivity contribution is 0.315. The number of hydrogen-bond acceptors (Lipinski definition) is 3. The first-order chi connectivity index (χ1) is 6.36. The Morgan fingerprint density at radius 1 is 1.31 bits per heavy atom. The number of likely N-dealkylation sites (N-methyl/N-ethyl adjacent to an activating group) is 1. The van der Waals surface area contributed by atoms with Gasteiger partial charge in [-0.15, -0.1) is 0 Å². The van der Waals surface area contributed by atoms with Crippen molar-refractivity contribution in [3.63, 3.8) is 0 Å². The molecular weight excluding hydrogens is 166 g/mol. The summed E-state index contributed by atoms with van der Waals surface area (Å²) in [7, 11) is 3.54. The summed E-state index contributed by atoms with van der Waals surface area (Å²) >= 11 is 0. The Bertz CT molecular complexity index is 250. The van der Waals surface area contributed by atoms with Gasteiger partial charge in [0.05, 0.1) is 7.11 Å². The maximum Gasteiger partial charge on any atom is 0.123 e. The van der Waals surface area contributed by atoms with Crippen molar-refractivity contribution in [2.24, 2.45) is 0 Å². The van der Waals surface area contributed by atoms with Gasteiger partial charge >= 0.3 is 0 Å². The van der Waals surface area contributed by atoms with E-state index in [0.29, 0.717) is 6.61 Å². The molecule has 3 nitrogen and oxygen atoms in total. The zero-order valence-electron chi connectivity index (χ0n) is 8.04. The van der Waals surface area contributed by atoms with E-state index in [9.17, 15) is 0 Å². The number of methoxy groups -OCH3 is 1. The van der Waals surface area contributed by atoms with Gasteiger partial charge in [0, 0.05) is 12.6 Å². The van der Waals surface area contributed by atoms with Crippen LogP contribution >= 0.6 is 0 Å². The normalized spacial score (nSPS) is 9.69. The molecule has 0 aliphatic heterocycles. The van der Waals surface area contributed by atoms with E-state index in [2.05, 4.69) is 5.32 Å². The van der Waals surface area contributed by atoms with Crippen LogP contribution in [0.4, 0.5) is 0 Å². The second-order valence-corrected chi connectivity index (χ2v) is 2.63. The maximum atomic E-state index is 5.45. The van der Waals surface area contributed by atoms with Crippen LogP contribution in [0.25, 0.3) is 0 Å². The quantitative estimate of drug-likeness (QED) is 0.694. The Morgan fingerprint density at radius 2 is 2.08 bits per heavy atom. The van der Waals surface area contributed by atoms with Crippen LogP contribution in [-0.4, -0.2) is 27.3 Å². The lowest BCUT2D eigenvalue weighted by Gasteiger charge is -2.06. The minimum atomic E-state index is 0.670. The van der Waals surface area contributed by atoms with Gasteiger partial charge in [-0.1, -0.05) is 6.07 Å². The first kappa shape index (κ1) is 9.86. The van der Waals surface area contributed by atoms with Crippen LogP contribution in [-0.2, 0) is 0 Å². The van der Waals surface area contributed by atoms with Crippen molar-refractivity contribution >= 4 is 0 Å². The van der Waals surface area contributed by atoms with Crippen LogP contribution in [0.2, 0.25) is 0 Å². The highest BCUT2D eigenvalue weighted by Gasteiger charge is 1.94. The molecular formula is C10H15NO2. The van der Waals surface area contributed by atoms with Gasteiger partial charge in [-0.25, -0.2) is 0 Å². The second-order valence-electron chi connectivity index (χ2n) is 2.63. The van der Waals surface area contributed by atoms with Crippen molar-refractivity contribution in [3.05, 3.63) is 24.3 Å². The number of hydrogen-bond donors (Lipinski definition) is 1. The predicted octanol–water partition coefficient (Wildman–Crippen LogP) is 1.29. The smallest absolute Gasteiger partial charge is 0.123 e. The van der Waals surface area contributed by atoms with Gasteiger partial charge in [0.1, 0.15) is 18.1 Å². The molecule has 3 heteroatoms. The van der Waals surface area contributed by atoms with Crippen molar-refractivity contribution in [1.29, 1.82) is 0 Å². The molecule has 0 unspecified atom stereocenters. The lowest BCUT2D eigenvalue weighted by Crippen LogP contribution is -2.15. The van der Waals surface area contributed by atoms with Gasteiger partial charge in [-0.2, -0.15) is 0 Å². The lowest BCUT2D eigenvalue weighted by atomic mass is 10.3. The predicted molar refractivity (Wildman–Crippen MR) is 52.4 cm³/mol. The van der Waals surface area contributed by atoms with Crippen molar-refractivity contribution < 1.29 is 9.47 Å². The first-order valence-corrected chi connectivity index (χ1v) is 4.28. The van der Waals surface area contributed by atoms with E-state index < -0.39 is 0 Å². The summed E-state index contributed by atoms with van der Waals surface area (Å²) in [5.74, 6) is 1.66. The Balaban J connectivity index is 2.46. The molecule has 0 atom stereocenters. The van der Waals surface area contributed by atoms with Gasteiger partial charge in [0.15, 0.2) is 0 Å². The summed E-state index contributed by atoms with van der Waals surface area (Å²) < 4.78 is 10.5. The summed E-state index contributed by atoms with van der Waals surface area (Å²) in [6.45, 7) is 1.51. The molecule has 0 spiro atoms. The van der Waals surface area contributed by atoms with Crippen LogP contribution in [0.3, 0.4) is 0 Å². The van der Waals surface area contributed by atoms with Crippen molar-refractivity contribution in [1.82, 2.24) is 5.32 Å². The average molecular weight is 181 g/mol. The average Bonchev–Trinajstić information content (AvgIpc) is 2.19. The largest absolute Gasteiger partial charge is 0.497 e. The zero-order chi connectivity index (χ0) is 9.52. The Labute approximate surface area is 78.7 Å². The highest BCUT2D eigenvalue weighted by Crippen LogP contribution is 2.18. The third-order valence-corrected chi connectivity index (χ3v) is 1.66. The van der Waals surface area contributed by atoms with Gasteiger partial charge in [0.2, 0.25) is 0 Å². The van der Waals surface area contributed by atoms with Crippen molar-refractivity contribution in [2.45, 2.75) is 0 Å². The molecule has 0 aromatic heterocycles. The zero-order valence-corrected chi connectivity index (χ0v) is 8.04. The molecule has 1 aromatic carbocycles. The van der Waals surface area contributed by atoms with Crippen LogP contribution in [0.1, 0.15) is 0 Å². The molecule has 0 fully saturated rings. The second kappa shape index (κ2) is 5.43. The molecule has 1 aromatic rings. The molecule has 0 aliphatic rings. The van der Waals surface area contributed by atoms with Crippen molar-refractivity contribution in [2.75, 3.05) is 27.3 Å². The first-order valence-electron chi connectivity index (χ1n) is 4.28. The van der Waals surface area contributed by atoms with Crippen LogP contribution in [0.5, 0.6) is 11.5 Å². The summed E-state index contributed by atoms with van der Waals surface area (Å²) in [6.07, 6.45) is 0. The topological polar surface area (TPSA) is 30.5 Å². The highest BCUT2D eigenvalue weighted by molar-refractivity contribution is 5.32. The molecule has 0 heterocycles. The molecule has 0 bridgehead atoms. The van der Waals surface area contributed by atoms with E-state index in [-0.39, 0.29) is 0 Å². The third kappa shape index (κ3) is 3.34. The minimum Gasteiger partial charge on any atom is -0.497 e. The molecule has 0 radical (unpaired) electrons. The molecule has 0 saturated carbocycles. The van der Waals surface area contributed by atoms with Crippen LogP contribution < -0.4 is 14.8 Å². The van der Waals surface area contributed by atoms with Crippen molar-refractivity contribution in [3.8, 4) is 11.5 Å². The van der Waals surface area contributed by atoms with E-state index in [4.69, 9.17) is 9.47 Å². The molecule has 0 aliphatic carbocycles. The van der Waals surface area contributed by atoms with E-state index >= 15 is 0 Å². The van der Waals surface area contributed by atoms with E-state index in [1.807, 2.05) is 31.3 Å². The molecule has 13 heavy (non-hydrogen) atoms. The summed E-state index contributed by atoms with van der Waals surface area (Å²) in [5.41, 5.74) is 0. The number of ether oxygens (including phenoxy) is 2. The Hall–Kier alpha value is -1.22. The SMILES string of the molecule is CNCCOc1cccc(OC)c1. The fraction of sp³-hybridized carbons (Fsp3) is 0.400.